The standard InChI is InChI=1S/C18H26ClNO/c1-2-7-18(8-4-3-5-9-20-18)13-15-12-16(19)11-14-6-10-21-17(14)15/h11-12,20H,2-10,13H2,1H3. The molecule has 1 unspecified atom stereocenters. The molecule has 116 valence electrons. The summed E-state index contributed by atoms with van der Waals surface area (Å²) in [6, 6.07) is 4.19. The second-order valence-corrected chi connectivity index (χ2v) is 7.03. The molecule has 1 fully saturated rings. The Balaban J connectivity index is 1.89. The van der Waals surface area contributed by atoms with Gasteiger partial charge >= 0.3 is 0 Å². The highest BCUT2D eigenvalue weighted by molar-refractivity contribution is 6.30. The summed E-state index contributed by atoms with van der Waals surface area (Å²) in [6.07, 6.45) is 9.74. The van der Waals surface area contributed by atoms with Gasteiger partial charge in [-0.3, -0.25) is 0 Å². The number of hydrogen-bond donors (Lipinski definition) is 1. The molecule has 3 rings (SSSR count). The van der Waals surface area contributed by atoms with Gasteiger partial charge < -0.3 is 10.1 Å². The number of benzene rings is 1. The molecule has 1 saturated heterocycles. The number of hydrogen-bond acceptors (Lipinski definition) is 2. The average Bonchev–Trinajstić information content (AvgIpc) is 2.80. The van der Waals surface area contributed by atoms with E-state index in [0.717, 1.165) is 36.8 Å². The molecule has 2 nitrogen and oxygen atoms in total. The van der Waals surface area contributed by atoms with Crippen LogP contribution < -0.4 is 10.1 Å². The Hall–Kier alpha value is -0.730. The summed E-state index contributed by atoms with van der Waals surface area (Å²) in [5, 5.41) is 4.71. The van der Waals surface area contributed by atoms with Gasteiger partial charge in [0.15, 0.2) is 0 Å². The first-order valence-corrected chi connectivity index (χ1v) is 8.79. The topological polar surface area (TPSA) is 21.3 Å². The van der Waals surface area contributed by atoms with Gasteiger partial charge in [-0.2, -0.15) is 0 Å². The summed E-state index contributed by atoms with van der Waals surface area (Å²) in [6.45, 7) is 4.23. The molecule has 0 amide bonds. The van der Waals surface area contributed by atoms with E-state index in [0.29, 0.717) is 0 Å². The van der Waals surface area contributed by atoms with Crippen molar-refractivity contribution in [2.75, 3.05) is 13.2 Å². The van der Waals surface area contributed by atoms with Gasteiger partial charge in [-0.1, -0.05) is 37.8 Å². The van der Waals surface area contributed by atoms with Crippen molar-refractivity contribution < 1.29 is 4.74 Å². The average molecular weight is 308 g/mol. The highest BCUT2D eigenvalue weighted by atomic mass is 35.5. The summed E-state index contributed by atoms with van der Waals surface area (Å²) in [7, 11) is 0. The smallest absolute Gasteiger partial charge is 0.125 e. The van der Waals surface area contributed by atoms with E-state index in [-0.39, 0.29) is 5.54 Å². The molecule has 0 spiro atoms. The first-order valence-electron chi connectivity index (χ1n) is 8.41. The van der Waals surface area contributed by atoms with Crippen molar-refractivity contribution in [3.63, 3.8) is 0 Å². The third-order valence-corrected chi connectivity index (χ3v) is 5.13. The highest BCUT2D eigenvalue weighted by Crippen LogP contribution is 2.37. The monoisotopic (exact) mass is 307 g/mol. The van der Waals surface area contributed by atoms with Crippen molar-refractivity contribution >= 4 is 11.6 Å². The summed E-state index contributed by atoms with van der Waals surface area (Å²) < 4.78 is 5.89. The summed E-state index contributed by atoms with van der Waals surface area (Å²) in [5.74, 6) is 1.11. The molecule has 3 heteroatoms. The second-order valence-electron chi connectivity index (χ2n) is 6.60. The molecular formula is C18H26ClNO. The number of halogens is 1. The molecule has 2 aliphatic heterocycles. The molecule has 1 aromatic carbocycles. The molecule has 0 bridgehead atoms. The van der Waals surface area contributed by atoms with Gasteiger partial charge in [0.1, 0.15) is 5.75 Å². The third kappa shape index (κ3) is 3.37. The minimum Gasteiger partial charge on any atom is -0.493 e. The molecule has 21 heavy (non-hydrogen) atoms. The Morgan fingerprint density at radius 1 is 1.29 bits per heavy atom. The maximum Gasteiger partial charge on any atom is 0.125 e. The van der Waals surface area contributed by atoms with Crippen LogP contribution in [0.15, 0.2) is 12.1 Å². The molecule has 1 N–H and O–H groups in total. The second kappa shape index (κ2) is 6.58. The van der Waals surface area contributed by atoms with Crippen molar-refractivity contribution in [3.05, 3.63) is 28.3 Å². The van der Waals surface area contributed by atoms with Crippen LogP contribution in [-0.2, 0) is 12.8 Å². The molecule has 1 aromatic rings. The zero-order valence-electron chi connectivity index (χ0n) is 13.0. The Kier molecular flexibility index (Phi) is 4.75. The Labute approximate surface area is 133 Å². The maximum atomic E-state index is 6.32. The fourth-order valence-electron chi connectivity index (χ4n) is 3.98. The van der Waals surface area contributed by atoms with Crippen LogP contribution in [0.25, 0.3) is 0 Å². The first kappa shape index (κ1) is 15.2. The Morgan fingerprint density at radius 2 is 2.19 bits per heavy atom. The van der Waals surface area contributed by atoms with E-state index in [2.05, 4.69) is 24.4 Å². The van der Waals surface area contributed by atoms with E-state index in [1.807, 2.05) is 0 Å². The zero-order valence-corrected chi connectivity index (χ0v) is 13.8. The van der Waals surface area contributed by atoms with Gasteiger partial charge in [0.2, 0.25) is 0 Å². The minimum absolute atomic E-state index is 0.232. The summed E-state index contributed by atoms with van der Waals surface area (Å²) in [4.78, 5) is 0. The first-order chi connectivity index (χ1) is 10.2. The van der Waals surface area contributed by atoms with Gasteiger partial charge in [0.05, 0.1) is 6.61 Å². The molecule has 2 aliphatic rings. The van der Waals surface area contributed by atoms with Crippen LogP contribution in [0.4, 0.5) is 0 Å². The Morgan fingerprint density at radius 3 is 3.05 bits per heavy atom. The molecule has 1 atom stereocenters. The van der Waals surface area contributed by atoms with Gasteiger partial charge in [-0.15, -0.1) is 0 Å². The van der Waals surface area contributed by atoms with E-state index in [1.54, 1.807) is 0 Å². The van der Waals surface area contributed by atoms with Crippen LogP contribution in [0.3, 0.4) is 0 Å². The van der Waals surface area contributed by atoms with E-state index in [4.69, 9.17) is 16.3 Å². The van der Waals surface area contributed by atoms with Gasteiger partial charge in [0.25, 0.3) is 0 Å². The third-order valence-electron chi connectivity index (χ3n) is 4.91. The van der Waals surface area contributed by atoms with E-state index in [9.17, 15) is 0 Å². The predicted octanol–water partition coefficient (Wildman–Crippen LogP) is 4.52. The van der Waals surface area contributed by atoms with Crippen molar-refractivity contribution in [2.24, 2.45) is 0 Å². The largest absolute Gasteiger partial charge is 0.493 e. The van der Waals surface area contributed by atoms with Crippen molar-refractivity contribution in [2.45, 2.75) is 63.8 Å². The van der Waals surface area contributed by atoms with Crippen molar-refractivity contribution in [1.29, 1.82) is 0 Å². The molecule has 0 aromatic heterocycles. The lowest BCUT2D eigenvalue weighted by Gasteiger charge is -2.34. The molecule has 0 radical (unpaired) electrons. The number of ether oxygens (including phenoxy) is 1. The quantitative estimate of drug-likeness (QED) is 0.883. The molecule has 0 aliphatic carbocycles. The van der Waals surface area contributed by atoms with Crippen molar-refractivity contribution in [3.8, 4) is 5.75 Å². The lowest BCUT2D eigenvalue weighted by molar-refractivity contribution is 0.282. The lowest BCUT2D eigenvalue weighted by atomic mass is 9.82. The van der Waals surface area contributed by atoms with Gasteiger partial charge in [-0.05, 0) is 55.5 Å². The molecule has 2 heterocycles. The maximum absolute atomic E-state index is 6.32. The summed E-state index contributed by atoms with van der Waals surface area (Å²) in [5.41, 5.74) is 2.82. The minimum atomic E-state index is 0.232. The van der Waals surface area contributed by atoms with Crippen molar-refractivity contribution in [1.82, 2.24) is 5.32 Å². The van der Waals surface area contributed by atoms with Gasteiger partial charge in [0, 0.05) is 17.0 Å². The molecule has 0 saturated carbocycles. The van der Waals surface area contributed by atoms with E-state index < -0.39 is 0 Å². The van der Waals surface area contributed by atoms with E-state index >= 15 is 0 Å². The number of rotatable bonds is 4. The van der Waals surface area contributed by atoms with Gasteiger partial charge in [-0.25, -0.2) is 0 Å². The van der Waals surface area contributed by atoms with Crippen LogP contribution in [0.5, 0.6) is 5.75 Å². The van der Waals surface area contributed by atoms with Crippen LogP contribution >= 0.6 is 11.6 Å². The summed E-state index contributed by atoms with van der Waals surface area (Å²) >= 11 is 6.32. The fourth-order valence-corrected chi connectivity index (χ4v) is 4.24. The van der Waals surface area contributed by atoms with Crippen LogP contribution in [0.2, 0.25) is 5.02 Å². The van der Waals surface area contributed by atoms with Crippen LogP contribution in [0, 0.1) is 0 Å². The SMILES string of the molecule is CCCC1(Cc2cc(Cl)cc3c2OCC3)CCCCCN1. The highest BCUT2D eigenvalue weighted by Gasteiger charge is 2.32. The van der Waals surface area contributed by atoms with Crippen LogP contribution in [-0.4, -0.2) is 18.7 Å². The predicted molar refractivity (Wildman–Crippen MR) is 88.5 cm³/mol. The fraction of sp³-hybridized carbons (Fsp3) is 0.667. The van der Waals surface area contributed by atoms with Crippen LogP contribution in [0.1, 0.15) is 56.6 Å². The van der Waals surface area contributed by atoms with E-state index in [1.165, 1.54) is 49.7 Å². The zero-order chi connectivity index (χ0) is 14.7. The lowest BCUT2D eigenvalue weighted by Crippen LogP contribution is -2.46. The normalized spacial score (nSPS) is 25.2. The Bertz CT molecular complexity index is 492. The molecular weight excluding hydrogens is 282 g/mol. The number of nitrogens with one attached hydrogen (secondary N) is 1. The number of fused-ring (bicyclic) bond motifs is 1.